The van der Waals surface area contributed by atoms with Gasteiger partial charge in [0.05, 0.1) is 0 Å². The molecule has 1 amide bonds. The van der Waals surface area contributed by atoms with Crippen LogP contribution in [0.25, 0.3) is 0 Å². The minimum Gasteiger partial charge on any atom is -0.356 e. The number of nitrogens with one attached hydrogen (secondary N) is 2. The minimum absolute atomic E-state index is 0. The van der Waals surface area contributed by atoms with Crippen molar-refractivity contribution in [2.45, 2.75) is 25.7 Å². The number of carbonyl (C=O) groups excluding carboxylic acids is 1. The fourth-order valence-electron chi connectivity index (χ4n) is 2.35. The number of hydrogen-bond donors (Lipinski definition) is 2. The molecule has 3 nitrogen and oxygen atoms in total. The van der Waals surface area contributed by atoms with Crippen LogP contribution in [0.1, 0.15) is 24.8 Å². The minimum atomic E-state index is -0.238. The van der Waals surface area contributed by atoms with Crippen LogP contribution in [-0.4, -0.2) is 25.5 Å². The topological polar surface area (TPSA) is 41.1 Å². The van der Waals surface area contributed by atoms with Gasteiger partial charge >= 0.3 is 0 Å². The molecule has 0 aromatic heterocycles. The first-order valence-corrected chi connectivity index (χ1v) is 6.96. The average molecular weight is 301 g/mol. The molecule has 0 aliphatic carbocycles. The van der Waals surface area contributed by atoms with Crippen LogP contribution in [0.4, 0.5) is 4.39 Å². The fourth-order valence-corrected chi connectivity index (χ4v) is 2.35. The van der Waals surface area contributed by atoms with Crippen molar-refractivity contribution in [3.63, 3.8) is 0 Å². The highest BCUT2D eigenvalue weighted by atomic mass is 35.5. The molecule has 1 aliphatic rings. The van der Waals surface area contributed by atoms with E-state index in [1.54, 1.807) is 12.1 Å². The van der Waals surface area contributed by atoms with Gasteiger partial charge in [-0.15, -0.1) is 12.4 Å². The van der Waals surface area contributed by atoms with Gasteiger partial charge in [0.15, 0.2) is 0 Å². The Kier molecular flexibility index (Phi) is 7.55. The lowest BCUT2D eigenvalue weighted by molar-refractivity contribution is -0.121. The van der Waals surface area contributed by atoms with Gasteiger partial charge in [0.25, 0.3) is 0 Å². The van der Waals surface area contributed by atoms with E-state index in [9.17, 15) is 9.18 Å². The average Bonchev–Trinajstić information content (AvgIpc) is 2.45. The lowest BCUT2D eigenvalue weighted by Gasteiger charge is -2.22. The van der Waals surface area contributed by atoms with Crippen LogP contribution in [0, 0.1) is 11.7 Å². The summed E-state index contributed by atoms with van der Waals surface area (Å²) in [5.74, 6) is 0.399. The molecule has 1 unspecified atom stereocenters. The SMILES string of the molecule is Cl.O=C(CCc1ccc(F)cc1)NCC1CCCNC1. The lowest BCUT2D eigenvalue weighted by Crippen LogP contribution is -2.38. The van der Waals surface area contributed by atoms with Crippen LogP contribution in [0.15, 0.2) is 24.3 Å². The van der Waals surface area contributed by atoms with Gasteiger partial charge < -0.3 is 10.6 Å². The fraction of sp³-hybridized carbons (Fsp3) is 0.533. The Morgan fingerprint density at radius 3 is 2.75 bits per heavy atom. The summed E-state index contributed by atoms with van der Waals surface area (Å²) < 4.78 is 12.7. The highest BCUT2D eigenvalue weighted by Crippen LogP contribution is 2.09. The standard InChI is InChI=1S/C15H21FN2O.ClH/c16-14-6-3-12(4-7-14)5-8-15(19)18-11-13-2-1-9-17-10-13;/h3-4,6-7,13,17H,1-2,5,8-11H2,(H,18,19);1H. The zero-order chi connectivity index (χ0) is 13.5. The summed E-state index contributed by atoms with van der Waals surface area (Å²) >= 11 is 0. The lowest BCUT2D eigenvalue weighted by atomic mass is 10.00. The summed E-state index contributed by atoms with van der Waals surface area (Å²) in [6.07, 6.45) is 3.50. The number of hydrogen-bond acceptors (Lipinski definition) is 2. The zero-order valence-electron chi connectivity index (χ0n) is 11.5. The molecule has 112 valence electrons. The molecule has 1 saturated heterocycles. The Balaban J connectivity index is 0.00000200. The first-order chi connectivity index (χ1) is 9.24. The number of halogens is 2. The number of aryl methyl sites for hydroxylation is 1. The van der Waals surface area contributed by atoms with Crippen molar-refractivity contribution >= 4 is 18.3 Å². The second-order valence-corrected chi connectivity index (χ2v) is 5.14. The largest absolute Gasteiger partial charge is 0.356 e. The Morgan fingerprint density at radius 1 is 1.35 bits per heavy atom. The third-order valence-electron chi connectivity index (χ3n) is 3.54. The number of amides is 1. The summed E-state index contributed by atoms with van der Waals surface area (Å²) in [6.45, 7) is 2.85. The molecule has 0 saturated carbocycles. The van der Waals surface area contributed by atoms with E-state index in [1.807, 2.05) is 0 Å². The third kappa shape index (κ3) is 5.88. The molecule has 5 heteroatoms. The highest BCUT2D eigenvalue weighted by molar-refractivity contribution is 5.85. The van der Waals surface area contributed by atoms with Gasteiger partial charge in [0.2, 0.25) is 5.91 Å². The molecule has 1 heterocycles. The van der Waals surface area contributed by atoms with Gasteiger partial charge in [-0.25, -0.2) is 4.39 Å². The summed E-state index contributed by atoms with van der Waals surface area (Å²) in [5, 5.41) is 6.32. The summed E-state index contributed by atoms with van der Waals surface area (Å²) in [7, 11) is 0. The van der Waals surface area contributed by atoms with Crippen molar-refractivity contribution in [1.29, 1.82) is 0 Å². The molecular weight excluding hydrogens is 279 g/mol. The molecule has 0 bridgehead atoms. The first-order valence-electron chi connectivity index (χ1n) is 6.96. The molecule has 1 aromatic rings. The van der Waals surface area contributed by atoms with Gasteiger partial charge in [-0.3, -0.25) is 4.79 Å². The molecule has 2 N–H and O–H groups in total. The normalized spacial score (nSPS) is 18.1. The van der Waals surface area contributed by atoms with Gasteiger partial charge in [-0.2, -0.15) is 0 Å². The molecule has 1 aliphatic heterocycles. The van der Waals surface area contributed by atoms with Crippen LogP contribution in [0.3, 0.4) is 0 Å². The van der Waals surface area contributed by atoms with E-state index in [0.717, 1.165) is 25.2 Å². The molecule has 20 heavy (non-hydrogen) atoms. The predicted molar refractivity (Wildman–Crippen MR) is 80.6 cm³/mol. The van der Waals surface area contributed by atoms with E-state index in [0.29, 0.717) is 18.8 Å². The van der Waals surface area contributed by atoms with Crippen molar-refractivity contribution in [3.8, 4) is 0 Å². The maximum Gasteiger partial charge on any atom is 0.220 e. The Bertz CT molecular complexity index is 405. The van der Waals surface area contributed by atoms with Gasteiger partial charge in [-0.1, -0.05) is 12.1 Å². The monoisotopic (exact) mass is 300 g/mol. The molecule has 0 spiro atoms. The van der Waals surface area contributed by atoms with E-state index in [4.69, 9.17) is 0 Å². The summed E-state index contributed by atoms with van der Waals surface area (Å²) in [5.41, 5.74) is 0.996. The van der Waals surface area contributed by atoms with Crippen LogP contribution < -0.4 is 10.6 Å². The van der Waals surface area contributed by atoms with E-state index in [2.05, 4.69) is 10.6 Å². The second kappa shape index (κ2) is 8.93. The van der Waals surface area contributed by atoms with Crippen LogP contribution in [0.2, 0.25) is 0 Å². The number of piperidine rings is 1. The second-order valence-electron chi connectivity index (χ2n) is 5.14. The first kappa shape index (κ1) is 16.9. The summed E-state index contributed by atoms with van der Waals surface area (Å²) in [4.78, 5) is 11.7. The van der Waals surface area contributed by atoms with Crippen molar-refractivity contribution in [2.24, 2.45) is 5.92 Å². The van der Waals surface area contributed by atoms with E-state index in [-0.39, 0.29) is 24.1 Å². The van der Waals surface area contributed by atoms with Gasteiger partial charge in [0, 0.05) is 13.0 Å². The Labute approximate surface area is 125 Å². The van der Waals surface area contributed by atoms with Crippen molar-refractivity contribution in [3.05, 3.63) is 35.6 Å². The molecular formula is C15H22ClFN2O. The smallest absolute Gasteiger partial charge is 0.220 e. The van der Waals surface area contributed by atoms with Crippen LogP contribution in [-0.2, 0) is 11.2 Å². The van der Waals surface area contributed by atoms with Gasteiger partial charge in [-0.05, 0) is 56.0 Å². The molecule has 0 radical (unpaired) electrons. The Morgan fingerprint density at radius 2 is 2.10 bits per heavy atom. The van der Waals surface area contributed by atoms with Gasteiger partial charge in [0.1, 0.15) is 5.82 Å². The number of benzene rings is 1. The molecule has 1 atom stereocenters. The highest BCUT2D eigenvalue weighted by Gasteiger charge is 2.13. The number of rotatable bonds is 5. The maximum atomic E-state index is 12.7. The third-order valence-corrected chi connectivity index (χ3v) is 3.54. The van der Waals surface area contributed by atoms with Crippen LogP contribution >= 0.6 is 12.4 Å². The van der Waals surface area contributed by atoms with Crippen molar-refractivity contribution in [1.82, 2.24) is 10.6 Å². The zero-order valence-corrected chi connectivity index (χ0v) is 12.3. The number of carbonyl (C=O) groups is 1. The van der Waals surface area contributed by atoms with Crippen molar-refractivity contribution < 1.29 is 9.18 Å². The Hall–Kier alpha value is -1.13. The maximum absolute atomic E-state index is 12.7. The van der Waals surface area contributed by atoms with E-state index in [1.165, 1.54) is 25.0 Å². The summed E-state index contributed by atoms with van der Waals surface area (Å²) in [6, 6.07) is 6.32. The predicted octanol–water partition coefficient (Wildman–Crippen LogP) is 2.30. The van der Waals surface area contributed by atoms with Crippen LogP contribution in [0.5, 0.6) is 0 Å². The van der Waals surface area contributed by atoms with Crippen molar-refractivity contribution in [2.75, 3.05) is 19.6 Å². The molecule has 1 fully saturated rings. The quantitative estimate of drug-likeness (QED) is 0.876. The van der Waals surface area contributed by atoms with E-state index >= 15 is 0 Å². The molecule has 2 rings (SSSR count). The van der Waals surface area contributed by atoms with E-state index < -0.39 is 0 Å². The molecule has 1 aromatic carbocycles.